The molecule has 2 amide bonds. The summed E-state index contributed by atoms with van der Waals surface area (Å²) in [5.74, 6) is 0. The molecular weight excluding hydrogens is 386 g/mol. The van der Waals surface area contributed by atoms with Crippen LogP contribution in [0.3, 0.4) is 0 Å². The zero-order chi connectivity index (χ0) is 20.1. The van der Waals surface area contributed by atoms with E-state index in [1.807, 2.05) is 66.7 Å². The van der Waals surface area contributed by atoms with Crippen molar-refractivity contribution in [3.63, 3.8) is 0 Å². The van der Waals surface area contributed by atoms with Crippen molar-refractivity contribution in [3.8, 4) is 0 Å². The van der Waals surface area contributed by atoms with Crippen molar-refractivity contribution < 1.29 is 9.53 Å². The number of amides is 2. The van der Waals surface area contributed by atoms with Gasteiger partial charge in [-0.05, 0) is 23.1 Å². The lowest BCUT2D eigenvalue weighted by molar-refractivity contribution is 0.0168. The molecule has 0 saturated carbocycles. The second-order valence-corrected chi connectivity index (χ2v) is 7.45. The summed E-state index contributed by atoms with van der Waals surface area (Å²) in [7, 11) is 0. The highest BCUT2D eigenvalue weighted by Gasteiger charge is 2.24. The van der Waals surface area contributed by atoms with E-state index in [1.165, 1.54) is 0 Å². The molecule has 1 heterocycles. The van der Waals surface area contributed by atoms with Crippen LogP contribution in [0.25, 0.3) is 10.8 Å². The molecule has 1 fully saturated rings. The average molecular weight is 410 g/mol. The van der Waals surface area contributed by atoms with Crippen LogP contribution in [-0.2, 0) is 4.74 Å². The Hall–Kier alpha value is -2.60. The molecule has 1 aliphatic rings. The number of ether oxygens (including phenoxy) is 1. The predicted octanol–water partition coefficient (Wildman–Crippen LogP) is 4.69. The molecule has 1 unspecified atom stereocenters. The van der Waals surface area contributed by atoms with Gasteiger partial charge in [-0.25, -0.2) is 4.79 Å². The fourth-order valence-electron chi connectivity index (χ4n) is 3.76. The summed E-state index contributed by atoms with van der Waals surface area (Å²) < 4.78 is 5.49. The second kappa shape index (κ2) is 9.27. The van der Waals surface area contributed by atoms with Crippen LogP contribution in [0, 0.1) is 0 Å². The quantitative estimate of drug-likeness (QED) is 0.642. The molecule has 2 N–H and O–H groups in total. The highest BCUT2D eigenvalue weighted by Crippen LogP contribution is 2.28. The first-order chi connectivity index (χ1) is 14.2. The Bertz CT molecular complexity index is 983. The summed E-state index contributed by atoms with van der Waals surface area (Å²) in [5, 5.41) is 8.82. The van der Waals surface area contributed by atoms with Crippen LogP contribution in [0.2, 0.25) is 5.02 Å². The first-order valence-corrected chi connectivity index (χ1v) is 10.2. The fraction of sp³-hybridized carbons (Fsp3) is 0.261. The van der Waals surface area contributed by atoms with Gasteiger partial charge in [0.05, 0.1) is 24.9 Å². The molecule has 0 aromatic heterocycles. The van der Waals surface area contributed by atoms with E-state index in [1.54, 1.807) is 0 Å². The number of carbonyl (C=O) groups is 1. The van der Waals surface area contributed by atoms with Crippen molar-refractivity contribution in [2.75, 3.05) is 38.2 Å². The number of carbonyl (C=O) groups excluding carboxylic acids is 1. The number of hydrogen-bond donors (Lipinski definition) is 2. The average Bonchev–Trinajstić information content (AvgIpc) is 2.76. The zero-order valence-corrected chi connectivity index (χ0v) is 16.9. The molecule has 1 aliphatic heterocycles. The number of halogens is 1. The Morgan fingerprint density at radius 3 is 2.55 bits per heavy atom. The van der Waals surface area contributed by atoms with Gasteiger partial charge in [0.25, 0.3) is 0 Å². The van der Waals surface area contributed by atoms with Gasteiger partial charge < -0.3 is 15.4 Å². The Morgan fingerprint density at radius 1 is 1.00 bits per heavy atom. The summed E-state index contributed by atoms with van der Waals surface area (Å²) >= 11 is 6.46. The van der Waals surface area contributed by atoms with Crippen LogP contribution in [0.4, 0.5) is 10.5 Å². The van der Waals surface area contributed by atoms with Gasteiger partial charge in [0.2, 0.25) is 0 Å². The Morgan fingerprint density at radius 2 is 1.72 bits per heavy atom. The van der Waals surface area contributed by atoms with Gasteiger partial charge in [-0.2, -0.15) is 0 Å². The van der Waals surface area contributed by atoms with Crippen LogP contribution in [0.15, 0.2) is 66.7 Å². The van der Waals surface area contributed by atoms with E-state index in [9.17, 15) is 4.79 Å². The van der Waals surface area contributed by atoms with Crippen molar-refractivity contribution >= 4 is 34.1 Å². The summed E-state index contributed by atoms with van der Waals surface area (Å²) in [5.41, 5.74) is 1.81. The number of urea groups is 1. The Labute approximate surface area is 175 Å². The number of anilines is 1. The maximum atomic E-state index is 12.7. The van der Waals surface area contributed by atoms with E-state index in [4.69, 9.17) is 16.3 Å². The lowest BCUT2D eigenvalue weighted by Gasteiger charge is -2.35. The molecule has 150 valence electrons. The van der Waals surface area contributed by atoms with Gasteiger partial charge in [-0.15, -0.1) is 0 Å². The number of hydrogen-bond acceptors (Lipinski definition) is 3. The molecule has 4 rings (SSSR count). The number of rotatable bonds is 5. The summed E-state index contributed by atoms with van der Waals surface area (Å²) in [6.07, 6.45) is 0. The van der Waals surface area contributed by atoms with Crippen LogP contribution < -0.4 is 10.6 Å². The number of fused-ring (bicyclic) bond motifs is 1. The van der Waals surface area contributed by atoms with Crippen LogP contribution in [0.5, 0.6) is 0 Å². The molecule has 0 bridgehead atoms. The lowest BCUT2D eigenvalue weighted by atomic mass is 10.0. The third-order valence-electron chi connectivity index (χ3n) is 5.24. The number of nitrogens with zero attached hydrogens (tertiary/aromatic N) is 1. The Kier molecular flexibility index (Phi) is 6.30. The molecule has 5 nitrogen and oxygen atoms in total. The summed E-state index contributed by atoms with van der Waals surface area (Å²) in [4.78, 5) is 15.0. The molecule has 1 atom stereocenters. The molecule has 0 radical (unpaired) electrons. The van der Waals surface area contributed by atoms with E-state index in [2.05, 4.69) is 15.5 Å². The molecule has 6 heteroatoms. The van der Waals surface area contributed by atoms with Gasteiger partial charge in [-0.1, -0.05) is 66.2 Å². The van der Waals surface area contributed by atoms with Crippen molar-refractivity contribution in [2.45, 2.75) is 6.04 Å². The first kappa shape index (κ1) is 19.7. The summed E-state index contributed by atoms with van der Waals surface area (Å²) in [6.45, 7) is 3.44. The zero-order valence-electron chi connectivity index (χ0n) is 16.1. The van der Waals surface area contributed by atoms with Gasteiger partial charge in [0.15, 0.2) is 0 Å². The first-order valence-electron chi connectivity index (χ1n) is 9.81. The van der Waals surface area contributed by atoms with Gasteiger partial charge in [0, 0.05) is 30.0 Å². The topological polar surface area (TPSA) is 53.6 Å². The van der Waals surface area contributed by atoms with Gasteiger partial charge in [-0.3, -0.25) is 4.90 Å². The van der Waals surface area contributed by atoms with Crippen molar-refractivity contribution in [1.82, 2.24) is 10.2 Å². The standard InChI is InChI=1S/C23H24ClN3O2/c24-20-10-4-3-9-19(20)22(27-12-14-29-15-13-27)16-25-23(28)26-21-11-5-7-17-6-1-2-8-18(17)21/h1-11,22H,12-16H2,(H2,25,26,28). The monoisotopic (exact) mass is 409 g/mol. The molecule has 3 aromatic carbocycles. The van der Waals surface area contributed by atoms with Gasteiger partial charge >= 0.3 is 6.03 Å². The lowest BCUT2D eigenvalue weighted by Crippen LogP contribution is -2.44. The molecule has 0 aliphatic carbocycles. The maximum Gasteiger partial charge on any atom is 0.319 e. The minimum absolute atomic E-state index is 0.00846. The molecular formula is C23H24ClN3O2. The molecule has 1 saturated heterocycles. The number of benzene rings is 3. The molecule has 3 aromatic rings. The van der Waals surface area contributed by atoms with Crippen molar-refractivity contribution in [2.24, 2.45) is 0 Å². The third-order valence-corrected chi connectivity index (χ3v) is 5.59. The van der Waals surface area contributed by atoms with E-state index in [-0.39, 0.29) is 12.1 Å². The second-order valence-electron chi connectivity index (χ2n) is 7.05. The van der Waals surface area contributed by atoms with Gasteiger partial charge in [0.1, 0.15) is 0 Å². The maximum absolute atomic E-state index is 12.7. The Balaban J connectivity index is 1.48. The number of morpholine rings is 1. The highest BCUT2D eigenvalue weighted by atomic mass is 35.5. The van der Waals surface area contributed by atoms with E-state index >= 15 is 0 Å². The third kappa shape index (κ3) is 4.70. The number of nitrogens with one attached hydrogen (secondary N) is 2. The molecule has 29 heavy (non-hydrogen) atoms. The van der Waals surface area contributed by atoms with Crippen LogP contribution >= 0.6 is 11.6 Å². The normalized spacial score (nSPS) is 15.8. The van der Waals surface area contributed by atoms with Crippen molar-refractivity contribution in [3.05, 3.63) is 77.3 Å². The van der Waals surface area contributed by atoms with Crippen LogP contribution in [0.1, 0.15) is 11.6 Å². The highest BCUT2D eigenvalue weighted by molar-refractivity contribution is 6.31. The van der Waals surface area contributed by atoms with E-state index < -0.39 is 0 Å². The molecule has 0 spiro atoms. The predicted molar refractivity (Wildman–Crippen MR) is 118 cm³/mol. The minimum atomic E-state index is -0.230. The largest absolute Gasteiger partial charge is 0.379 e. The van der Waals surface area contributed by atoms with Crippen molar-refractivity contribution in [1.29, 1.82) is 0 Å². The SMILES string of the molecule is O=C(NCC(c1ccccc1Cl)N1CCOCC1)Nc1cccc2ccccc12. The smallest absolute Gasteiger partial charge is 0.319 e. The van der Waals surface area contributed by atoms with Crippen LogP contribution in [-0.4, -0.2) is 43.8 Å². The minimum Gasteiger partial charge on any atom is -0.379 e. The van der Waals surface area contributed by atoms with E-state index in [0.717, 1.165) is 35.1 Å². The van der Waals surface area contributed by atoms with E-state index in [0.29, 0.717) is 24.8 Å². The fourth-order valence-corrected chi connectivity index (χ4v) is 4.02. The summed E-state index contributed by atoms with van der Waals surface area (Å²) in [6, 6.07) is 21.5.